The van der Waals surface area contributed by atoms with Crippen molar-refractivity contribution in [2.75, 3.05) is 20.2 Å². The highest BCUT2D eigenvalue weighted by Crippen LogP contribution is 2.22. The second kappa shape index (κ2) is 10.6. The van der Waals surface area contributed by atoms with E-state index in [1.807, 2.05) is 34.8 Å². The molecule has 0 bridgehead atoms. The summed E-state index contributed by atoms with van der Waals surface area (Å²) in [6.45, 7) is 0.995. The molecule has 0 radical (unpaired) electrons. The van der Waals surface area contributed by atoms with Crippen LogP contribution in [0.5, 0.6) is 0 Å². The van der Waals surface area contributed by atoms with Crippen molar-refractivity contribution in [2.45, 2.75) is 31.7 Å². The predicted octanol–water partition coefficient (Wildman–Crippen LogP) is 3.03. The van der Waals surface area contributed by atoms with Gasteiger partial charge in [0.2, 0.25) is 0 Å². The first-order chi connectivity index (χ1) is 15.0. The normalized spacial score (nSPS) is 16.3. The van der Waals surface area contributed by atoms with Crippen LogP contribution in [-0.4, -0.2) is 53.5 Å². The van der Waals surface area contributed by atoms with Crippen LogP contribution in [0.1, 0.15) is 52.1 Å². The zero-order chi connectivity index (χ0) is 22.2. The van der Waals surface area contributed by atoms with Gasteiger partial charge in [0.15, 0.2) is 0 Å². The lowest BCUT2D eigenvalue weighted by atomic mass is 9.99. The lowest BCUT2D eigenvalue weighted by Gasteiger charge is -2.35. The molecule has 3 rings (SSSR count). The Bertz CT molecular complexity index is 946. The van der Waals surface area contributed by atoms with Crippen molar-refractivity contribution in [3.05, 3.63) is 65.5 Å². The predicted molar refractivity (Wildman–Crippen MR) is 119 cm³/mol. The maximum atomic E-state index is 12.9. The van der Waals surface area contributed by atoms with Gasteiger partial charge in [-0.05, 0) is 55.2 Å². The summed E-state index contributed by atoms with van der Waals surface area (Å²) in [5.41, 5.74) is 2.04. The van der Waals surface area contributed by atoms with Crippen molar-refractivity contribution < 1.29 is 19.1 Å². The van der Waals surface area contributed by atoms with Gasteiger partial charge in [0.1, 0.15) is 5.69 Å². The number of aromatic nitrogens is 1. The fraction of sp³-hybridized carbons (Fsp3) is 0.375. The Balaban J connectivity index is 1.49. The first-order valence-corrected chi connectivity index (χ1v) is 10.6. The number of nitrogens with zero attached hydrogens (tertiary/aromatic N) is 2. The second-order valence-corrected chi connectivity index (χ2v) is 7.64. The fourth-order valence-electron chi connectivity index (χ4n) is 3.80. The van der Waals surface area contributed by atoms with Crippen molar-refractivity contribution in [3.8, 4) is 0 Å². The van der Waals surface area contributed by atoms with Crippen molar-refractivity contribution in [2.24, 2.45) is 7.05 Å². The molecule has 0 spiro atoms. The number of carbonyl (C=O) groups is 3. The van der Waals surface area contributed by atoms with Crippen molar-refractivity contribution in [1.82, 2.24) is 14.8 Å². The van der Waals surface area contributed by atoms with E-state index in [9.17, 15) is 14.4 Å². The van der Waals surface area contributed by atoms with Gasteiger partial charge in [-0.15, -0.1) is 0 Å². The van der Waals surface area contributed by atoms with E-state index in [0.29, 0.717) is 17.7 Å². The van der Waals surface area contributed by atoms with Crippen LogP contribution >= 0.6 is 0 Å². The average Bonchev–Trinajstić information content (AvgIpc) is 3.23. The van der Waals surface area contributed by atoms with Gasteiger partial charge in [0.25, 0.3) is 11.8 Å². The van der Waals surface area contributed by atoms with Crippen LogP contribution in [0.3, 0.4) is 0 Å². The van der Waals surface area contributed by atoms with Gasteiger partial charge >= 0.3 is 5.97 Å². The van der Waals surface area contributed by atoms with Crippen LogP contribution in [0.15, 0.2) is 48.7 Å². The molecule has 1 aliphatic rings. The van der Waals surface area contributed by atoms with E-state index in [0.717, 1.165) is 31.4 Å². The Morgan fingerprint density at radius 1 is 1.16 bits per heavy atom. The van der Waals surface area contributed by atoms with Crippen LogP contribution in [0, 0.1) is 0 Å². The number of aryl methyl sites for hydroxylation is 1. The molecule has 1 saturated heterocycles. The zero-order valence-electron chi connectivity index (χ0n) is 18.0. The van der Waals surface area contributed by atoms with Crippen molar-refractivity contribution in [1.29, 1.82) is 0 Å². The second-order valence-electron chi connectivity index (χ2n) is 7.64. The van der Waals surface area contributed by atoms with E-state index in [1.54, 1.807) is 37.4 Å². The summed E-state index contributed by atoms with van der Waals surface area (Å²) in [6, 6.07) is 10.7. The number of hydrogen-bond acceptors (Lipinski definition) is 4. The molecule has 0 saturated carbocycles. The number of piperidine rings is 1. The minimum Gasteiger partial charge on any atom is -0.462 e. The van der Waals surface area contributed by atoms with Crippen LogP contribution in [0.25, 0.3) is 6.08 Å². The topological polar surface area (TPSA) is 80.6 Å². The molecule has 1 unspecified atom stereocenters. The number of benzene rings is 1. The van der Waals surface area contributed by atoms with Crippen LogP contribution < -0.4 is 5.32 Å². The van der Waals surface area contributed by atoms with E-state index in [1.165, 1.54) is 6.08 Å². The largest absolute Gasteiger partial charge is 0.462 e. The number of rotatable bonds is 7. The highest BCUT2D eigenvalue weighted by Gasteiger charge is 2.28. The molecular formula is C24H29N3O4. The summed E-state index contributed by atoms with van der Waals surface area (Å²) in [4.78, 5) is 38.4. The minimum absolute atomic E-state index is 0.0311. The Kier molecular flexibility index (Phi) is 7.65. The first-order valence-electron chi connectivity index (χ1n) is 10.6. The molecule has 1 atom stereocenters. The highest BCUT2D eigenvalue weighted by molar-refractivity contribution is 5.94. The van der Waals surface area contributed by atoms with E-state index in [2.05, 4.69) is 5.32 Å². The van der Waals surface area contributed by atoms with Gasteiger partial charge in [-0.2, -0.15) is 0 Å². The van der Waals surface area contributed by atoms with Gasteiger partial charge in [-0.3, -0.25) is 9.59 Å². The minimum atomic E-state index is -0.425. The van der Waals surface area contributed by atoms with E-state index >= 15 is 0 Å². The number of nitrogens with one attached hydrogen (secondary N) is 1. The van der Waals surface area contributed by atoms with Gasteiger partial charge in [0.05, 0.1) is 6.61 Å². The summed E-state index contributed by atoms with van der Waals surface area (Å²) >= 11 is 0. The summed E-state index contributed by atoms with van der Waals surface area (Å²) < 4.78 is 7.19. The zero-order valence-corrected chi connectivity index (χ0v) is 18.0. The number of amides is 2. The molecule has 0 aliphatic carbocycles. The van der Waals surface area contributed by atoms with E-state index in [4.69, 9.17) is 4.74 Å². The molecule has 2 heterocycles. The van der Waals surface area contributed by atoms with Crippen LogP contribution in [0.4, 0.5) is 0 Å². The molecule has 1 aromatic carbocycles. The SMILES string of the molecule is CNC(=O)c1ccc(/C=C/C(=O)OCCC2CCCCN2C(=O)c2cccn2C)cc1. The number of ether oxygens (including phenoxy) is 1. The summed E-state index contributed by atoms with van der Waals surface area (Å²) in [6.07, 6.45) is 8.50. The van der Waals surface area contributed by atoms with Crippen LogP contribution in [-0.2, 0) is 16.6 Å². The van der Waals surface area contributed by atoms with Crippen molar-refractivity contribution >= 4 is 23.9 Å². The molecular weight excluding hydrogens is 394 g/mol. The van der Waals surface area contributed by atoms with Gasteiger partial charge in [-0.25, -0.2) is 4.79 Å². The Hall–Kier alpha value is -3.35. The molecule has 1 aromatic heterocycles. The Morgan fingerprint density at radius 3 is 2.61 bits per heavy atom. The third-order valence-electron chi connectivity index (χ3n) is 5.56. The fourth-order valence-corrected chi connectivity index (χ4v) is 3.80. The molecule has 164 valence electrons. The van der Waals surface area contributed by atoms with Gasteiger partial charge in [-0.1, -0.05) is 12.1 Å². The number of carbonyl (C=O) groups excluding carboxylic acids is 3. The van der Waals surface area contributed by atoms with E-state index in [-0.39, 0.29) is 24.5 Å². The summed E-state index contributed by atoms with van der Waals surface area (Å²) in [5.74, 6) is -0.549. The quantitative estimate of drug-likeness (QED) is 0.548. The third kappa shape index (κ3) is 5.84. The van der Waals surface area contributed by atoms with Gasteiger partial charge in [0, 0.05) is 50.9 Å². The summed E-state index contributed by atoms with van der Waals surface area (Å²) in [5, 5.41) is 2.56. The maximum Gasteiger partial charge on any atom is 0.330 e. The lowest BCUT2D eigenvalue weighted by molar-refractivity contribution is -0.138. The Morgan fingerprint density at radius 2 is 1.94 bits per heavy atom. The van der Waals surface area contributed by atoms with E-state index < -0.39 is 5.97 Å². The average molecular weight is 424 g/mol. The molecule has 7 nitrogen and oxygen atoms in total. The molecule has 1 N–H and O–H groups in total. The van der Waals surface area contributed by atoms with Gasteiger partial charge < -0.3 is 19.5 Å². The number of esters is 1. The smallest absolute Gasteiger partial charge is 0.330 e. The molecule has 2 aromatic rings. The monoisotopic (exact) mass is 423 g/mol. The first kappa shape index (κ1) is 22.3. The summed E-state index contributed by atoms with van der Waals surface area (Å²) in [7, 11) is 3.45. The highest BCUT2D eigenvalue weighted by atomic mass is 16.5. The molecule has 1 aliphatic heterocycles. The number of hydrogen-bond donors (Lipinski definition) is 1. The maximum absolute atomic E-state index is 12.9. The molecule has 31 heavy (non-hydrogen) atoms. The third-order valence-corrected chi connectivity index (χ3v) is 5.56. The molecule has 7 heteroatoms. The standard InChI is InChI=1S/C24H29N3O4/c1-25-23(29)19-11-8-18(9-12-19)10-13-22(28)31-17-14-20-6-3-4-16-27(20)24(30)21-7-5-15-26(21)2/h5,7-13,15,20H,3-4,6,14,16-17H2,1-2H3,(H,25,29)/b13-10+. The van der Waals surface area contributed by atoms with Crippen LogP contribution in [0.2, 0.25) is 0 Å². The Labute approximate surface area is 182 Å². The number of likely N-dealkylation sites (tertiary alicyclic amines) is 1. The lowest BCUT2D eigenvalue weighted by Crippen LogP contribution is -2.44. The molecule has 1 fully saturated rings. The molecule has 2 amide bonds. The van der Waals surface area contributed by atoms with Crippen molar-refractivity contribution in [3.63, 3.8) is 0 Å².